The molecule has 0 spiro atoms. The molecule has 1 heterocycles. The van der Waals surface area contributed by atoms with Crippen LogP contribution < -0.4 is 0 Å². The van der Waals surface area contributed by atoms with Crippen LogP contribution in [-0.4, -0.2) is 9.97 Å². The van der Waals surface area contributed by atoms with Crippen molar-refractivity contribution < 1.29 is 0 Å². The lowest BCUT2D eigenvalue weighted by Crippen LogP contribution is -2.04. The lowest BCUT2D eigenvalue weighted by atomic mass is 9.91. The molecule has 2 nitrogen and oxygen atoms in total. The molecule has 0 bridgehead atoms. The molecule has 0 atom stereocenters. The molecule has 2 aromatic rings. The molecule has 1 aromatic carbocycles. The number of hydrogen-bond acceptors (Lipinski definition) is 1. The van der Waals surface area contributed by atoms with Crippen molar-refractivity contribution in [3.8, 4) is 0 Å². The van der Waals surface area contributed by atoms with Crippen LogP contribution in [-0.2, 0) is 0 Å². The van der Waals surface area contributed by atoms with Gasteiger partial charge in [0.05, 0.1) is 11.0 Å². The first kappa shape index (κ1) is 12.7. The molecule has 3 rings (SSSR count). The number of H-pyrrole nitrogens is 1. The van der Waals surface area contributed by atoms with Crippen LogP contribution in [0.25, 0.3) is 11.0 Å². The molecule has 0 amide bonds. The van der Waals surface area contributed by atoms with Crippen molar-refractivity contribution in [2.75, 3.05) is 0 Å². The Morgan fingerprint density at radius 1 is 1.00 bits per heavy atom. The number of hydrogen-bond donors (Lipinski definition) is 1. The lowest BCUT2D eigenvalue weighted by molar-refractivity contribution is 0.445. The third-order valence-corrected chi connectivity index (χ3v) is 4.43. The summed E-state index contributed by atoms with van der Waals surface area (Å²) in [7, 11) is 0. The predicted molar refractivity (Wildman–Crippen MR) is 80.6 cm³/mol. The van der Waals surface area contributed by atoms with Crippen LogP contribution in [0.1, 0.15) is 67.8 Å². The molecule has 2 heteroatoms. The van der Waals surface area contributed by atoms with Gasteiger partial charge in [0, 0.05) is 5.92 Å². The molecular weight excluding hydrogens is 232 g/mol. The van der Waals surface area contributed by atoms with E-state index in [9.17, 15) is 0 Å². The van der Waals surface area contributed by atoms with Gasteiger partial charge in [-0.2, -0.15) is 0 Å². The number of imidazole rings is 1. The second kappa shape index (κ2) is 5.36. The Bertz CT molecular complexity index is 560. The number of aromatic amines is 1. The van der Waals surface area contributed by atoms with E-state index in [-0.39, 0.29) is 0 Å². The van der Waals surface area contributed by atoms with Gasteiger partial charge in [0.1, 0.15) is 5.82 Å². The van der Waals surface area contributed by atoms with Gasteiger partial charge in [0.15, 0.2) is 0 Å². The third kappa shape index (κ3) is 2.68. The fourth-order valence-corrected chi connectivity index (χ4v) is 3.41. The summed E-state index contributed by atoms with van der Waals surface area (Å²) in [5.41, 5.74) is 5.00. The summed E-state index contributed by atoms with van der Waals surface area (Å²) in [6.45, 7) is 4.32. The second-order valence-electron chi connectivity index (χ2n) is 6.14. The molecule has 1 aliphatic carbocycles. The third-order valence-electron chi connectivity index (χ3n) is 4.43. The highest BCUT2D eigenvalue weighted by molar-refractivity contribution is 5.79. The Balaban J connectivity index is 1.93. The van der Waals surface area contributed by atoms with Crippen molar-refractivity contribution in [1.82, 2.24) is 9.97 Å². The van der Waals surface area contributed by atoms with Gasteiger partial charge >= 0.3 is 0 Å². The van der Waals surface area contributed by atoms with Crippen LogP contribution >= 0.6 is 0 Å². The fourth-order valence-electron chi connectivity index (χ4n) is 3.41. The van der Waals surface area contributed by atoms with Crippen LogP contribution in [0.4, 0.5) is 0 Å². The highest BCUT2D eigenvalue weighted by Gasteiger charge is 2.17. The molecule has 1 saturated carbocycles. The molecule has 1 fully saturated rings. The minimum absolute atomic E-state index is 0.646. The summed E-state index contributed by atoms with van der Waals surface area (Å²) in [4.78, 5) is 8.48. The van der Waals surface area contributed by atoms with Crippen LogP contribution in [0, 0.1) is 13.8 Å². The number of rotatable bonds is 1. The van der Waals surface area contributed by atoms with Gasteiger partial charge < -0.3 is 4.98 Å². The Kier molecular flexibility index (Phi) is 3.58. The highest BCUT2D eigenvalue weighted by Crippen LogP contribution is 2.31. The fraction of sp³-hybridized carbons (Fsp3) is 0.588. The van der Waals surface area contributed by atoms with E-state index in [1.165, 1.54) is 72.9 Å². The van der Waals surface area contributed by atoms with E-state index in [0.717, 1.165) is 0 Å². The number of nitrogens with one attached hydrogen (secondary N) is 1. The normalized spacial score (nSPS) is 18.4. The van der Waals surface area contributed by atoms with Gasteiger partial charge in [-0.25, -0.2) is 4.98 Å². The van der Waals surface area contributed by atoms with E-state index in [4.69, 9.17) is 4.98 Å². The molecule has 0 saturated heterocycles. The standard InChI is InChI=1S/C17H24N2/c1-12-10-13(2)16-15(11-12)18-17(19-16)14-8-6-4-3-5-7-9-14/h10-11,14H,3-9H2,1-2H3,(H,18,19). The molecule has 0 unspecified atom stereocenters. The first-order valence-electron chi connectivity index (χ1n) is 7.71. The van der Waals surface area contributed by atoms with Crippen molar-refractivity contribution in [3.63, 3.8) is 0 Å². The van der Waals surface area contributed by atoms with E-state index in [1.54, 1.807) is 0 Å². The van der Waals surface area contributed by atoms with Gasteiger partial charge in [0.25, 0.3) is 0 Å². The second-order valence-corrected chi connectivity index (χ2v) is 6.14. The molecule has 19 heavy (non-hydrogen) atoms. The number of aromatic nitrogens is 2. The van der Waals surface area contributed by atoms with Crippen LogP contribution in [0.5, 0.6) is 0 Å². The summed E-state index contributed by atoms with van der Waals surface area (Å²) in [6, 6.07) is 4.45. The van der Waals surface area contributed by atoms with E-state index >= 15 is 0 Å². The molecule has 1 aliphatic rings. The Morgan fingerprint density at radius 3 is 2.42 bits per heavy atom. The minimum atomic E-state index is 0.646. The first-order chi connectivity index (χ1) is 9.24. The van der Waals surface area contributed by atoms with Crippen molar-refractivity contribution in [2.24, 2.45) is 0 Å². The highest BCUT2D eigenvalue weighted by atomic mass is 14.9. The monoisotopic (exact) mass is 256 g/mol. The zero-order valence-electron chi connectivity index (χ0n) is 12.1. The number of benzene rings is 1. The van der Waals surface area contributed by atoms with E-state index in [0.29, 0.717) is 5.92 Å². The zero-order chi connectivity index (χ0) is 13.2. The van der Waals surface area contributed by atoms with Crippen LogP contribution in [0.3, 0.4) is 0 Å². The summed E-state index contributed by atoms with van der Waals surface area (Å²) < 4.78 is 0. The molecule has 0 radical (unpaired) electrons. The summed E-state index contributed by atoms with van der Waals surface area (Å²) in [6.07, 6.45) is 9.55. The molecule has 1 N–H and O–H groups in total. The molecule has 1 aromatic heterocycles. The SMILES string of the molecule is Cc1cc(C)c2nc(C3CCCCCCC3)[nH]c2c1. The Morgan fingerprint density at radius 2 is 1.68 bits per heavy atom. The van der Waals surface area contributed by atoms with Crippen molar-refractivity contribution in [1.29, 1.82) is 0 Å². The average molecular weight is 256 g/mol. The number of fused-ring (bicyclic) bond motifs is 1. The maximum atomic E-state index is 4.89. The number of aryl methyl sites for hydroxylation is 2. The van der Waals surface area contributed by atoms with E-state index in [2.05, 4.69) is 31.0 Å². The maximum Gasteiger partial charge on any atom is 0.110 e. The average Bonchev–Trinajstić information content (AvgIpc) is 2.72. The van der Waals surface area contributed by atoms with E-state index in [1.807, 2.05) is 0 Å². The molecular formula is C17H24N2. The van der Waals surface area contributed by atoms with Crippen LogP contribution in [0.15, 0.2) is 12.1 Å². The Hall–Kier alpha value is -1.31. The van der Waals surface area contributed by atoms with E-state index < -0.39 is 0 Å². The summed E-state index contributed by atoms with van der Waals surface area (Å²) >= 11 is 0. The van der Waals surface area contributed by atoms with Gasteiger partial charge in [-0.1, -0.05) is 38.2 Å². The largest absolute Gasteiger partial charge is 0.342 e. The predicted octanol–water partition coefficient (Wildman–Crippen LogP) is 5.01. The lowest BCUT2D eigenvalue weighted by Gasteiger charge is -2.17. The van der Waals surface area contributed by atoms with Crippen molar-refractivity contribution in [2.45, 2.75) is 64.7 Å². The van der Waals surface area contributed by atoms with Gasteiger partial charge in [-0.15, -0.1) is 0 Å². The minimum Gasteiger partial charge on any atom is -0.342 e. The van der Waals surface area contributed by atoms with Crippen LogP contribution in [0.2, 0.25) is 0 Å². The van der Waals surface area contributed by atoms with Crippen molar-refractivity contribution >= 4 is 11.0 Å². The van der Waals surface area contributed by atoms with Gasteiger partial charge in [-0.3, -0.25) is 0 Å². The number of nitrogens with zero attached hydrogens (tertiary/aromatic N) is 1. The summed E-state index contributed by atoms with van der Waals surface area (Å²) in [5.74, 6) is 1.87. The Labute approximate surface area is 115 Å². The maximum absolute atomic E-state index is 4.89. The zero-order valence-corrected chi connectivity index (χ0v) is 12.1. The van der Waals surface area contributed by atoms with Gasteiger partial charge in [-0.05, 0) is 43.9 Å². The first-order valence-corrected chi connectivity index (χ1v) is 7.71. The van der Waals surface area contributed by atoms with Crippen molar-refractivity contribution in [3.05, 3.63) is 29.1 Å². The summed E-state index contributed by atoms with van der Waals surface area (Å²) in [5, 5.41) is 0. The van der Waals surface area contributed by atoms with Gasteiger partial charge in [0.2, 0.25) is 0 Å². The topological polar surface area (TPSA) is 28.7 Å². The molecule has 0 aliphatic heterocycles. The quantitative estimate of drug-likeness (QED) is 0.763. The smallest absolute Gasteiger partial charge is 0.110 e. The molecule has 102 valence electrons.